The monoisotopic (exact) mass is 144 g/mol. The second-order valence-corrected chi connectivity index (χ2v) is 1.64. The molecule has 1 aromatic carbocycles. The van der Waals surface area contributed by atoms with Gasteiger partial charge in [-0.25, -0.2) is 4.39 Å². The zero-order chi connectivity index (χ0) is 10.2. The summed E-state index contributed by atoms with van der Waals surface area (Å²) in [6.07, 6.45) is 0. The SMILES string of the molecule is [2H]c1c([2H])c(F)c([2H])c(OC)c1N. The molecule has 0 aliphatic rings. The number of nitrogens with two attached hydrogens (primary N) is 1. The summed E-state index contributed by atoms with van der Waals surface area (Å²) in [5.41, 5.74) is 5.16. The maximum absolute atomic E-state index is 13.0. The van der Waals surface area contributed by atoms with Crippen molar-refractivity contribution in [2.24, 2.45) is 0 Å². The number of rotatable bonds is 1. The highest BCUT2D eigenvalue weighted by Crippen LogP contribution is 2.20. The Morgan fingerprint density at radius 2 is 2.40 bits per heavy atom. The minimum atomic E-state index is -1.09. The van der Waals surface area contributed by atoms with Crippen molar-refractivity contribution in [1.29, 1.82) is 0 Å². The molecule has 0 amide bonds. The van der Waals surface area contributed by atoms with Gasteiger partial charge < -0.3 is 10.5 Å². The molecule has 2 nitrogen and oxygen atoms in total. The molecule has 0 bridgehead atoms. The molecule has 0 unspecified atom stereocenters. The molecule has 0 radical (unpaired) electrons. The highest BCUT2D eigenvalue weighted by atomic mass is 19.1. The van der Waals surface area contributed by atoms with Gasteiger partial charge in [0.1, 0.15) is 11.6 Å². The Morgan fingerprint density at radius 1 is 1.70 bits per heavy atom. The normalized spacial score (nSPS) is 13.6. The number of benzene rings is 1. The molecule has 0 atom stereocenters. The Balaban J connectivity index is 3.56. The molecule has 0 fully saturated rings. The van der Waals surface area contributed by atoms with Crippen molar-refractivity contribution in [2.75, 3.05) is 12.8 Å². The fraction of sp³-hybridized carbons (Fsp3) is 0.143. The van der Waals surface area contributed by atoms with E-state index in [9.17, 15) is 4.39 Å². The van der Waals surface area contributed by atoms with Crippen molar-refractivity contribution < 1.29 is 13.2 Å². The van der Waals surface area contributed by atoms with Crippen LogP contribution in [-0.2, 0) is 0 Å². The van der Waals surface area contributed by atoms with Crippen LogP contribution in [0, 0.1) is 5.82 Å². The van der Waals surface area contributed by atoms with Crippen LogP contribution in [0.3, 0.4) is 0 Å². The highest BCUT2D eigenvalue weighted by molar-refractivity contribution is 5.51. The summed E-state index contributed by atoms with van der Waals surface area (Å²) in [5, 5.41) is 0. The second-order valence-electron chi connectivity index (χ2n) is 1.64. The minimum absolute atomic E-state index is 0.182. The first-order valence-corrected chi connectivity index (χ1v) is 2.59. The predicted molar refractivity (Wildman–Crippen MR) is 37.4 cm³/mol. The number of hydrogen-bond acceptors (Lipinski definition) is 2. The summed E-state index contributed by atoms with van der Waals surface area (Å²) in [6.45, 7) is 0. The van der Waals surface area contributed by atoms with E-state index in [2.05, 4.69) is 4.74 Å². The van der Waals surface area contributed by atoms with Crippen molar-refractivity contribution in [3.8, 4) is 5.75 Å². The smallest absolute Gasteiger partial charge is 0.144 e. The topological polar surface area (TPSA) is 35.2 Å². The molecule has 54 valence electrons. The van der Waals surface area contributed by atoms with Gasteiger partial charge in [-0.3, -0.25) is 0 Å². The Labute approximate surface area is 62.6 Å². The van der Waals surface area contributed by atoms with Crippen LogP contribution in [0.4, 0.5) is 10.1 Å². The van der Waals surface area contributed by atoms with E-state index in [4.69, 9.17) is 9.85 Å². The van der Waals surface area contributed by atoms with Crippen LogP contribution in [0.1, 0.15) is 4.11 Å². The van der Waals surface area contributed by atoms with Crippen LogP contribution in [0.15, 0.2) is 18.1 Å². The number of halogens is 1. The summed E-state index contributed by atoms with van der Waals surface area (Å²) in [4.78, 5) is 0. The summed E-state index contributed by atoms with van der Waals surface area (Å²) >= 11 is 0. The maximum Gasteiger partial charge on any atom is 0.144 e. The third kappa shape index (κ3) is 1.18. The van der Waals surface area contributed by atoms with E-state index in [-0.39, 0.29) is 11.4 Å². The molecule has 0 saturated carbocycles. The van der Waals surface area contributed by atoms with Crippen LogP contribution in [-0.4, -0.2) is 7.11 Å². The number of methoxy groups -OCH3 is 1. The first-order valence-electron chi connectivity index (χ1n) is 4.09. The van der Waals surface area contributed by atoms with Gasteiger partial charge in [0, 0.05) is 6.04 Å². The lowest BCUT2D eigenvalue weighted by Gasteiger charge is -2.01. The van der Waals surface area contributed by atoms with Gasteiger partial charge >= 0.3 is 0 Å². The second kappa shape index (κ2) is 2.56. The van der Waals surface area contributed by atoms with E-state index in [1.54, 1.807) is 0 Å². The van der Waals surface area contributed by atoms with Crippen molar-refractivity contribution >= 4 is 5.69 Å². The van der Waals surface area contributed by atoms with Crippen molar-refractivity contribution in [3.05, 3.63) is 23.9 Å². The number of anilines is 1. The molecule has 0 spiro atoms. The average Bonchev–Trinajstić information content (AvgIpc) is 2.13. The summed E-state index contributed by atoms with van der Waals surface area (Å²) in [6, 6.07) is -1.71. The van der Waals surface area contributed by atoms with Gasteiger partial charge in [0.05, 0.1) is 16.9 Å². The first-order chi connectivity index (χ1) is 6.00. The van der Waals surface area contributed by atoms with Crippen molar-refractivity contribution in [2.45, 2.75) is 0 Å². The quantitative estimate of drug-likeness (QED) is 0.605. The van der Waals surface area contributed by atoms with E-state index in [1.807, 2.05) is 0 Å². The van der Waals surface area contributed by atoms with Gasteiger partial charge in [-0.2, -0.15) is 0 Å². The largest absolute Gasteiger partial charge is 0.494 e. The fourth-order valence-corrected chi connectivity index (χ4v) is 0.538. The van der Waals surface area contributed by atoms with Crippen LogP contribution >= 0.6 is 0 Å². The van der Waals surface area contributed by atoms with Gasteiger partial charge in [0.25, 0.3) is 0 Å². The predicted octanol–water partition coefficient (Wildman–Crippen LogP) is 1.42. The molecule has 0 aliphatic heterocycles. The zero-order valence-electron chi connectivity index (χ0n) is 8.36. The molecule has 2 N–H and O–H groups in total. The van der Waals surface area contributed by atoms with Crippen LogP contribution in [0.2, 0.25) is 0 Å². The molecule has 3 heteroatoms. The van der Waals surface area contributed by atoms with E-state index in [0.29, 0.717) is 0 Å². The van der Waals surface area contributed by atoms with Gasteiger partial charge in [0.2, 0.25) is 0 Å². The molecule has 0 saturated heterocycles. The van der Waals surface area contributed by atoms with Crippen LogP contribution < -0.4 is 10.5 Å². The molecular weight excluding hydrogens is 133 g/mol. The van der Waals surface area contributed by atoms with Gasteiger partial charge in [0.15, 0.2) is 0 Å². The maximum atomic E-state index is 13.0. The number of hydrogen-bond donors (Lipinski definition) is 1. The zero-order valence-corrected chi connectivity index (χ0v) is 5.36. The van der Waals surface area contributed by atoms with Crippen LogP contribution in [0.25, 0.3) is 0 Å². The minimum Gasteiger partial charge on any atom is -0.494 e. The lowest BCUT2D eigenvalue weighted by atomic mass is 10.3. The number of ether oxygens (including phenoxy) is 1. The average molecular weight is 144 g/mol. The molecular formula is C7H8FNO. The summed E-state index contributed by atoms with van der Waals surface area (Å²) in [7, 11) is 1.23. The summed E-state index contributed by atoms with van der Waals surface area (Å²) in [5.74, 6) is -1.28. The van der Waals surface area contributed by atoms with E-state index in [1.165, 1.54) is 7.11 Å². The first kappa shape index (κ1) is 3.81. The Morgan fingerprint density at radius 3 is 3.00 bits per heavy atom. The molecule has 10 heavy (non-hydrogen) atoms. The Bertz CT molecular complexity index is 327. The van der Waals surface area contributed by atoms with Gasteiger partial charge in [-0.15, -0.1) is 0 Å². The van der Waals surface area contributed by atoms with Gasteiger partial charge in [-0.05, 0) is 12.1 Å². The Kier molecular flexibility index (Phi) is 0.974. The molecule has 0 heterocycles. The number of nitrogen functional groups attached to an aromatic ring is 1. The lowest BCUT2D eigenvalue weighted by molar-refractivity contribution is 0.413. The van der Waals surface area contributed by atoms with Crippen LogP contribution in [0.5, 0.6) is 5.75 Å². The standard InChI is InChI=1S/C7H8FNO/c1-10-7-4-5(8)2-3-6(7)9/h2-4H,9H2,1H3/i2D,3D,4D. The molecule has 1 rings (SSSR count). The lowest BCUT2D eigenvalue weighted by Crippen LogP contribution is -1.92. The third-order valence-electron chi connectivity index (χ3n) is 0.979. The Hall–Kier alpha value is -1.25. The van der Waals surface area contributed by atoms with E-state index < -0.39 is 23.9 Å². The fourth-order valence-electron chi connectivity index (χ4n) is 0.538. The highest BCUT2D eigenvalue weighted by Gasteiger charge is 1.98. The third-order valence-corrected chi connectivity index (χ3v) is 0.979. The molecule has 0 aliphatic carbocycles. The van der Waals surface area contributed by atoms with Crippen molar-refractivity contribution in [3.63, 3.8) is 0 Å². The molecule has 0 aromatic heterocycles. The van der Waals surface area contributed by atoms with Crippen molar-refractivity contribution in [1.82, 2.24) is 0 Å². The van der Waals surface area contributed by atoms with E-state index >= 15 is 0 Å². The van der Waals surface area contributed by atoms with Gasteiger partial charge in [-0.1, -0.05) is 0 Å². The molecule has 1 aromatic rings. The summed E-state index contributed by atoms with van der Waals surface area (Å²) < 4.78 is 39.1. The van der Waals surface area contributed by atoms with E-state index in [0.717, 1.165) is 0 Å².